The largest absolute Gasteiger partial charge is 0.373 e. The highest BCUT2D eigenvalue weighted by Crippen LogP contribution is 2.39. The maximum atomic E-state index is 4.73. The Kier molecular flexibility index (Phi) is 5.79. The van der Waals surface area contributed by atoms with Crippen molar-refractivity contribution in [2.24, 2.45) is 0 Å². The SMILES string of the molecule is CCCN(CC)CCNc1nc(C2CC2)nc(NC)c1C. The highest BCUT2D eigenvalue weighted by atomic mass is 15.1. The van der Waals surface area contributed by atoms with Gasteiger partial charge in [0.1, 0.15) is 17.5 Å². The first-order valence-electron chi connectivity index (χ1n) is 8.22. The van der Waals surface area contributed by atoms with E-state index in [1.807, 2.05) is 7.05 Å². The van der Waals surface area contributed by atoms with E-state index in [-0.39, 0.29) is 0 Å². The van der Waals surface area contributed by atoms with Gasteiger partial charge in [-0.05, 0) is 39.3 Å². The van der Waals surface area contributed by atoms with E-state index in [9.17, 15) is 0 Å². The zero-order valence-electron chi connectivity index (χ0n) is 13.9. The van der Waals surface area contributed by atoms with Gasteiger partial charge in [0.25, 0.3) is 0 Å². The van der Waals surface area contributed by atoms with Gasteiger partial charge in [-0.3, -0.25) is 0 Å². The number of anilines is 2. The molecule has 2 rings (SSSR count). The first kappa shape index (κ1) is 16.0. The third-order valence-electron chi connectivity index (χ3n) is 4.05. The van der Waals surface area contributed by atoms with Gasteiger partial charge in [0.2, 0.25) is 0 Å². The lowest BCUT2D eigenvalue weighted by Gasteiger charge is -2.20. The molecule has 0 radical (unpaired) electrons. The zero-order valence-corrected chi connectivity index (χ0v) is 13.9. The van der Waals surface area contributed by atoms with E-state index in [1.165, 1.54) is 19.3 Å². The molecule has 0 unspecified atom stereocenters. The summed E-state index contributed by atoms with van der Waals surface area (Å²) in [4.78, 5) is 11.8. The van der Waals surface area contributed by atoms with Crippen molar-refractivity contribution in [3.8, 4) is 0 Å². The molecule has 0 bridgehead atoms. The van der Waals surface area contributed by atoms with E-state index >= 15 is 0 Å². The Morgan fingerprint density at radius 2 is 1.86 bits per heavy atom. The average molecular weight is 291 g/mol. The molecule has 1 aromatic rings. The molecule has 5 heteroatoms. The Morgan fingerprint density at radius 3 is 2.43 bits per heavy atom. The second-order valence-electron chi connectivity index (χ2n) is 5.79. The van der Waals surface area contributed by atoms with Gasteiger partial charge in [-0.1, -0.05) is 13.8 Å². The molecule has 1 aromatic heterocycles. The Labute approximate surface area is 128 Å². The van der Waals surface area contributed by atoms with Crippen molar-refractivity contribution in [3.05, 3.63) is 11.4 Å². The lowest BCUT2D eigenvalue weighted by Crippen LogP contribution is -2.30. The molecule has 21 heavy (non-hydrogen) atoms. The van der Waals surface area contributed by atoms with Crippen molar-refractivity contribution < 1.29 is 0 Å². The van der Waals surface area contributed by atoms with Crippen LogP contribution in [0.5, 0.6) is 0 Å². The summed E-state index contributed by atoms with van der Waals surface area (Å²) in [7, 11) is 1.93. The quantitative estimate of drug-likeness (QED) is 0.733. The maximum absolute atomic E-state index is 4.73. The van der Waals surface area contributed by atoms with Gasteiger partial charge in [-0.15, -0.1) is 0 Å². The molecule has 1 aliphatic rings. The van der Waals surface area contributed by atoms with Crippen LogP contribution < -0.4 is 10.6 Å². The van der Waals surface area contributed by atoms with Crippen molar-refractivity contribution in [2.45, 2.75) is 46.0 Å². The number of hydrogen-bond donors (Lipinski definition) is 2. The summed E-state index contributed by atoms with van der Waals surface area (Å²) in [6.07, 6.45) is 3.66. The van der Waals surface area contributed by atoms with Gasteiger partial charge < -0.3 is 15.5 Å². The van der Waals surface area contributed by atoms with Crippen LogP contribution in [0.1, 0.15) is 50.4 Å². The molecule has 1 saturated carbocycles. The second-order valence-corrected chi connectivity index (χ2v) is 5.79. The second kappa shape index (κ2) is 7.59. The van der Waals surface area contributed by atoms with Crippen molar-refractivity contribution in [2.75, 3.05) is 43.9 Å². The summed E-state index contributed by atoms with van der Waals surface area (Å²) in [5.41, 5.74) is 1.11. The number of aromatic nitrogens is 2. The van der Waals surface area contributed by atoms with E-state index in [2.05, 4.69) is 41.3 Å². The van der Waals surface area contributed by atoms with Crippen LogP contribution in [0.3, 0.4) is 0 Å². The molecular formula is C16H29N5. The molecule has 0 aliphatic heterocycles. The van der Waals surface area contributed by atoms with Crippen LogP contribution in [0.15, 0.2) is 0 Å². The number of hydrogen-bond acceptors (Lipinski definition) is 5. The summed E-state index contributed by atoms with van der Waals surface area (Å²) in [6, 6.07) is 0. The smallest absolute Gasteiger partial charge is 0.136 e. The van der Waals surface area contributed by atoms with Crippen LogP contribution in [0.2, 0.25) is 0 Å². The maximum Gasteiger partial charge on any atom is 0.136 e. The molecule has 0 atom stereocenters. The molecule has 0 aromatic carbocycles. The summed E-state index contributed by atoms with van der Waals surface area (Å²) in [5, 5.41) is 6.69. The fourth-order valence-electron chi connectivity index (χ4n) is 2.55. The number of likely N-dealkylation sites (N-methyl/N-ethyl adjacent to an activating group) is 1. The van der Waals surface area contributed by atoms with E-state index in [4.69, 9.17) is 4.98 Å². The van der Waals surface area contributed by atoms with Crippen LogP contribution in [-0.2, 0) is 0 Å². The molecule has 0 saturated heterocycles. The van der Waals surface area contributed by atoms with Crippen molar-refractivity contribution in [1.82, 2.24) is 14.9 Å². The fourth-order valence-corrected chi connectivity index (χ4v) is 2.55. The number of nitrogens with one attached hydrogen (secondary N) is 2. The monoisotopic (exact) mass is 291 g/mol. The lowest BCUT2D eigenvalue weighted by molar-refractivity contribution is 0.300. The molecule has 2 N–H and O–H groups in total. The minimum atomic E-state index is 0.575. The first-order valence-corrected chi connectivity index (χ1v) is 8.22. The van der Waals surface area contributed by atoms with Crippen molar-refractivity contribution >= 4 is 11.6 Å². The molecular weight excluding hydrogens is 262 g/mol. The topological polar surface area (TPSA) is 53.1 Å². The molecule has 0 amide bonds. The lowest BCUT2D eigenvalue weighted by atomic mass is 10.2. The zero-order chi connectivity index (χ0) is 15.2. The van der Waals surface area contributed by atoms with Crippen molar-refractivity contribution in [1.29, 1.82) is 0 Å². The Balaban J connectivity index is 1.99. The molecule has 5 nitrogen and oxygen atoms in total. The predicted octanol–water partition coefficient (Wildman–Crippen LogP) is 2.85. The van der Waals surface area contributed by atoms with Gasteiger partial charge in [-0.2, -0.15) is 0 Å². The fraction of sp³-hybridized carbons (Fsp3) is 0.750. The summed E-state index contributed by atoms with van der Waals surface area (Å²) in [5.74, 6) is 3.51. The van der Waals surface area contributed by atoms with Gasteiger partial charge >= 0.3 is 0 Å². The molecule has 0 spiro atoms. The van der Waals surface area contributed by atoms with E-state index in [0.717, 1.165) is 49.2 Å². The third kappa shape index (κ3) is 4.30. The highest BCUT2D eigenvalue weighted by Gasteiger charge is 2.28. The van der Waals surface area contributed by atoms with E-state index in [0.29, 0.717) is 5.92 Å². The Hall–Kier alpha value is -1.36. The average Bonchev–Trinajstić information content (AvgIpc) is 3.32. The molecule has 1 heterocycles. The minimum absolute atomic E-state index is 0.575. The molecule has 1 aliphatic carbocycles. The summed E-state index contributed by atoms with van der Waals surface area (Å²) < 4.78 is 0. The standard InChI is InChI=1S/C16H29N5/c1-5-10-21(6-2)11-9-18-15-12(3)14(17-4)19-16(20-15)13-7-8-13/h13H,5-11H2,1-4H3,(H2,17,18,19,20). The van der Waals surface area contributed by atoms with Crippen LogP contribution in [0, 0.1) is 6.92 Å². The van der Waals surface area contributed by atoms with Crippen molar-refractivity contribution in [3.63, 3.8) is 0 Å². The Bertz CT molecular complexity index is 456. The normalized spacial score (nSPS) is 14.5. The first-order chi connectivity index (χ1) is 10.2. The summed E-state index contributed by atoms with van der Waals surface area (Å²) >= 11 is 0. The van der Waals surface area contributed by atoms with Crippen LogP contribution in [0.4, 0.5) is 11.6 Å². The van der Waals surface area contributed by atoms with E-state index < -0.39 is 0 Å². The molecule has 118 valence electrons. The van der Waals surface area contributed by atoms with Gasteiger partial charge in [-0.25, -0.2) is 9.97 Å². The van der Waals surface area contributed by atoms with Gasteiger partial charge in [0.05, 0.1) is 0 Å². The predicted molar refractivity (Wildman–Crippen MR) is 89.2 cm³/mol. The van der Waals surface area contributed by atoms with Crippen LogP contribution in [-0.4, -0.2) is 48.1 Å². The van der Waals surface area contributed by atoms with Gasteiger partial charge in [0.15, 0.2) is 0 Å². The minimum Gasteiger partial charge on any atom is -0.373 e. The van der Waals surface area contributed by atoms with E-state index in [1.54, 1.807) is 0 Å². The Morgan fingerprint density at radius 1 is 1.14 bits per heavy atom. The third-order valence-corrected chi connectivity index (χ3v) is 4.05. The van der Waals surface area contributed by atoms with Crippen LogP contribution >= 0.6 is 0 Å². The number of nitrogens with zero attached hydrogens (tertiary/aromatic N) is 3. The number of rotatable bonds is 9. The summed E-state index contributed by atoms with van der Waals surface area (Å²) in [6.45, 7) is 10.8. The van der Waals surface area contributed by atoms with Crippen LogP contribution in [0.25, 0.3) is 0 Å². The highest BCUT2D eigenvalue weighted by molar-refractivity contribution is 5.57. The van der Waals surface area contributed by atoms with Gasteiger partial charge in [0, 0.05) is 31.6 Å². The molecule has 1 fully saturated rings.